The summed E-state index contributed by atoms with van der Waals surface area (Å²) in [5, 5.41) is 24.1. The summed E-state index contributed by atoms with van der Waals surface area (Å²) >= 11 is 0. The molecule has 0 saturated carbocycles. The van der Waals surface area contributed by atoms with E-state index >= 15 is 0 Å². The van der Waals surface area contributed by atoms with E-state index in [0.717, 1.165) is 18.4 Å². The predicted octanol–water partition coefficient (Wildman–Crippen LogP) is 2.00. The summed E-state index contributed by atoms with van der Waals surface area (Å²) in [6.45, 7) is 0.742. The molecule has 5 heteroatoms. The third-order valence-corrected chi connectivity index (χ3v) is 2.70. The first kappa shape index (κ1) is 18.3. The van der Waals surface area contributed by atoms with Crippen LogP contribution in [0, 0.1) is 5.41 Å². The average Bonchev–Trinajstić information content (AvgIpc) is 2.47. The van der Waals surface area contributed by atoms with Crippen LogP contribution in [0.1, 0.15) is 37.2 Å². The minimum Gasteiger partial charge on any atom is -0.481 e. The largest absolute Gasteiger partial charge is 0.481 e. The molecule has 0 spiro atoms. The summed E-state index contributed by atoms with van der Waals surface area (Å²) in [6.07, 6.45) is 4.16. The zero-order valence-electron chi connectivity index (χ0n) is 11.7. The molecule has 1 aromatic carbocycles. The Labute approximate surface area is 119 Å². The number of carboxylic acids is 1. The van der Waals surface area contributed by atoms with Crippen LogP contribution in [0.25, 0.3) is 0 Å². The van der Waals surface area contributed by atoms with Gasteiger partial charge in [-0.25, -0.2) is 0 Å². The lowest BCUT2D eigenvalue weighted by molar-refractivity contribution is -0.139. The molecule has 0 fully saturated rings. The van der Waals surface area contributed by atoms with Crippen molar-refractivity contribution in [3.05, 3.63) is 35.9 Å². The van der Waals surface area contributed by atoms with Crippen molar-refractivity contribution in [3.63, 3.8) is 0 Å². The van der Waals surface area contributed by atoms with Gasteiger partial charge in [0.15, 0.2) is 0 Å². The topological polar surface area (TPSA) is 107 Å². The molecule has 5 N–H and O–H groups in total. The fraction of sp³-hybridized carbons (Fsp3) is 0.467. The van der Waals surface area contributed by atoms with E-state index in [-0.39, 0.29) is 6.61 Å². The second kappa shape index (κ2) is 12.3. The van der Waals surface area contributed by atoms with E-state index in [1.807, 2.05) is 18.2 Å². The van der Waals surface area contributed by atoms with Crippen molar-refractivity contribution in [2.45, 2.75) is 31.6 Å². The maximum atomic E-state index is 10.9. The lowest BCUT2D eigenvalue weighted by atomic mass is 9.95. The quantitative estimate of drug-likeness (QED) is 0.431. The standard InChI is InChI=1S/C11H14O3.C4H10N2/c12-8-4-7-10(11(13)14)9-5-2-1-3-6-9;5-3-1-2-4-6/h1-3,5-6,10,12H,4,7-8H2,(H,13,14);3,5H,1-2,4,6H2. The number of nitrogens with one attached hydrogen (secondary N) is 1. The Kier molecular flexibility index (Phi) is 11.3. The number of carboxylic acid groups (broad SMARTS) is 1. The molecule has 1 rings (SSSR count). The Bertz CT molecular complexity index is 369. The van der Waals surface area contributed by atoms with E-state index in [4.69, 9.17) is 21.4 Å². The summed E-state index contributed by atoms with van der Waals surface area (Å²) in [5.74, 6) is -1.33. The lowest BCUT2D eigenvalue weighted by Crippen LogP contribution is -2.12. The van der Waals surface area contributed by atoms with Gasteiger partial charge in [-0.05, 0) is 44.0 Å². The van der Waals surface area contributed by atoms with Crippen molar-refractivity contribution in [1.29, 1.82) is 5.41 Å². The number of nitrogens with two attached hydrogens (primary N) is 1. The van der Waals surface area contributed by atoms with E-state index in [1.54, 1.807) is 12.1 Å². The molecule has 5 nitrogen and oxygen atoms in total. The molecule has 0 aliphatic rings. The van der Waals surface area contributed by atoms with Gasteiger partial charge in [0.05, 0.1) is 5.92 Å². The SMILES string of the molecule is N=CCCCN.O=C(O)C(CCCO)c1ccccc1. The monoisotopic (exact) mass is 280 g/mol. The van der Waals surface area contributed by atoms with Crippen molar-refractivity contribution in [2.24, 2.45) is 5.73 Å². The Balaban J connectivity index is 0.000000511. The van der Waals surface area contributed by atoms with Gasteiger partial charge in [-0.1, -0.05) is 30.3 Å². The van der Waals surface area contributed by atoms with Gasteiger partial charge in [0.2, 0.25) is 0 Å². The molecule has 1 aromatic rings. The van der Waals surface area contributed by atoms with Gasteiger partial charge < -0.3 is 21.4 Å². The van der Waals surface area contributed by atoms with Gasteiger partial charge in [0.25, 0.3) is 0 Å². The third kappa shape index (κ3) is 8.39. The molecule has 0 saturated heterocycles. The molecule has 1 atom stereocenters. The van der Waals surface area contributed by atoms with E-state index in [0.29, 0.717) is 19.4 Å². The Morgan fingerprint density at radius 3 is 2.35 bits per heavy atom. The van der Waals surface area contributed by atoms with Crippen LogP contribution < -0.4 is 5.73 Å². The normalized spacial score (nSPS) is 11.1. The summed E-state index contributed by atoms with van der Waals surface area (Å²) in [5.41, 5.74) is 5.91. The number of aliphatic hydroxyl groups is 1. The molecule has 112 valence electrons. The fourth-order valence-electron chi connectivity index (χ4n) is 1.63. The number of hydrogen-bond acceptors (Lipinski definition) is 4. The molecular weight excluding hydrogens is 256 g/mol. The molecule has 0 aliphatic heterocycles. The number of aliphatic hydroxyl groups excluding tert-OH is 1. The number of hydrogen-bond donors (Lipinski definition) is 4. The van der Waals surface area contributed by atoms with Gasteiger partial charge in [-0.2, -0.15) is 0 Å². The van der Waals surface area contributed by atoms with Crippen molar-refractivity contribution in [3.8, 4) is 0 Å². The number of unbranched alkanes of at least 4 members (excludes halogenated alkanes) is 1. The highest BCUT2D eigenvalue weighted by Crippen LogP contribution is 2.20. The smallest absolute Gasteiger partial charge is 0.310 e. The molecular formula is C15H24N2O3. The maximum Gasteiger partial charge on any atom is 0.310 e. The predicted molar refractivity (Wildman–Crippen MR) is 80.2 cm³/mol. The molecule has 0 radical (unpaired) electrons. The lowest BCUT2D eigenvalue weighted by Gasteiger charge is -2.11. The minimum absolute atomic E-state index is 0.0383. The maximum absolute atomic E-state index is 10.9. The van der Waals surface area contributed by atoms with Crippen LogP contribution in [0.3, 0.4) is 0 Å². The van der Waals surface area contributed by atoms with Gasteiger partial charge in [-0.3, -0.25) is 4.79 Å². The first-order chi connectivity index (χ1) is 9.67. The van der Waals surface area contributed by atoms with Crippen LogP contribution in [-0.2, 0) is 4.79 Å². The molecule has 0 aromatic heterocycles. The molecule has 0 bridgehead atoms. The van der Waals surface area contributed by atoms with Crippen molar-refractivity contribution in [1.82, 2.24) is 0 Å². The Morgan fingerprint density at radius 2 is 1.95 bits per heavy atom. The van der Waals surface area contributed by atoms with Gasteiger partial charge in [-0.15, -0.1) is 0 Å². The van der Waals surface area contributed by atoms with E-state index in [9.17, 15) is 4.79 Å². The summed E-state index contributed by atoms with van der Waals surface area (Å²) in [7, 11) is 0. The van der Waals surface area contributed by atoms with Crippen LogP contribution in [0.4, 0.5) is 0 Å². The number of rotatable bonds is 8. The minimum atomic E-state index is -0.829. The zero-order valence-corrected chi connectivity index (χ0v) is 11.7. The van der Waals surface area contributed by atoms with Crippen LogP contribution in [0.15, 0.2) is 30.3 Å². The second-order valence-electron chi connectivity index (χ2n) is 4.30. The summed E-state index contributed by atoms with van der Waals surface area (Å²) < 4.78 is 0. The van der Waals surface area contributed by atoms with Crippen LogP contribution >= 0.6 is 0 Å². The average molecular weight is 280 g/mol. The molecule has 0 aliphatic carbocycles. The molecule has 20 heavy (non-hydrogen) atoms. The van der Waals surface area contributed by atoms with Crippen LogP contribution in [0.5, 0.6) is 0 Å². The number of benzene rings is 1. The van der Waals surface area contributed by atoms with Crippen molar-refractivity contribution < 1.29 is 15.0 Å². The Morgan fingerprint density at radius 1 is 1.30 bits per heavy atom. The van der Waals surface area contributed by atoms with E-state index in [2.05, 4.69) is 0 Å². The molecule has 1 unspecified atom stereocenters. The van der Waals surface area contributed by atoms with Crippen LogP contribution in [0.2, 0.25) is 0 Å². The third-order valence-electron chi connectivity index (χ3n) is 2.70. The van der Waals surface area contributed by atoms with Crippen molar-refractivity contribution in [2.75, 3.05) is 13.2 Å². The second-order valence-corrected chi connectivity index (χ2v) is 4.30. The first-order valence-corrected chi connectivity index (χ1v) is 6.75. The highest BCUT2D eigenvalue weighted by molar-refractivity contribution is 5.75. The molecule has 0 amide bonds. The Hall–Kier alpha value is -1.72. The number of carbonyl (C=O) groups is 1. The van der Waals surface area contributed by atoms with Crippen molar-refractivity contribution >= 4 is 12.2 Å². The van der Waals surface area contributed by atoms with Gasteiger partial charge in [0.1, 0.15) is 0 Å². The highest BCUT2D eigenvalue weighted by Gasteiger charge is 2.18. The zero-order chi connectivity index (χ0) is 15.2. The first-order valence-electron chi connectivity index (χ1n) is 6.75. The fourth-order valence-corrected chi connectivity index (χ4v) is 1.63. The van der Waals surface area contributed by atoms with Crippen LogP contribution in [-0.4, -0.2) is 35.5 Å². The van der Waals surface area contributed by atoms with Gasteiger partial charge >= 0.3 is 5.97 Å². The summed E-state index contributed by atoms with van der Waals surface area (Å²) in [4.78, 5) is 10.9. The van der Waals surface area contributed by atoms with E-state index in [1.165, 1.54) is 6.21 Å². The highest BCUT2D eigenvalue weighted by atomic mass is 16.4. The molecule has 0 heterocycles. The van der Waals surface area contributed by atoms with E-state index < -0.39 is 11.9 Å². The number of aliphatic carboxylic acids is 1. The van der Waals surface area contributed by atoms with Gasteiger partial charge in [0, 0.05) is 6.61 Å². The summed E-state index contributed by atoms with van der Waals surface area (Å²) in [6, 6.07) is 9.11.